The van der Waals surface area contributed by atoms with Crippen molar-refractivity contribution in [1.29, 1.82) is 0 Å². The van der Waals surface area contributed by atoms with Crippen molar-refractivity contribution in [3.63, 3.8) is 0 Å². The molecule has 0 aromatic carbocycles. The van der Waals surface area contributed by atoms with Gasteiger partial charge in [0.1, 0.15) is 5.82 Å². The Labute approximate surface area is 68.6 Å². The van der Waals surface area contributed by atoms with Gasteiger partial charge in [-0.25, -0.2) is 4.39 Å². The summed E-state index contributed by atoms with van der Waals surface area (Å²) in [6.07, 6.45) is 1.51. The molecule has 0 saturated heterocycles. The van der Waals surface area contributed by atoms with Crippen molar-refractivity contribution in [3.8, 4) is 0 Å². The minimum Gasteiger partial charge on any atom is -0.387 e. The first-order valence-electron chi connectivity index (χ1n) is 3.09. The van der Waals surface area contributed by atoms with Crippen molar-refractivity contribution < 1.29 is 9.50 Å². The third-order valence-electron chi connectivity index (χ3n) is 1.31. The topological polar surface area (TPSA) is 33.1 Å². The van der Waals surface area contributed by atoms with Gasteiger partial charge in [-0.1, -0.05) is 0 Å². The van der Waals surface area contributed by atoms with E-state index in [9.17, 15) is 4.39 Å². The van der Waals surface area contributed by atoms with E-state index < -0.39 is 11.9 Å². The van der Waals surface area contributed by atoms with Gasteiger partial charge in [-0.2, -0.15) is 0 Å². The second-order valence-corrected chi connectivity index (χ2v) is 2.38. The Kier molecular flexibility index (Phi) is 2.79. The first kappa shape index (κ1) is 8.43. The van der Waals surface area contributed by atoms with Crippen molar-refractivity contribution in [1.82, 2.24) is 4.98 Å². The van der Waals surface area contributed by atoms with E-state index >= 15 is 0 Å². The molecule has 0 aliphatic heterocycles. The highest BCUT2D eigenvalue weighted by molar-refractivity contribution is 6.18. The summed E-state index contributed by atoms with van der Waals surface area (Å²) in [6, 6.07) is 1.41. The lowest BCUT2D eigenvalue weighted by Gasteiger charge is -2.06. The Morgan fingerprint density at radius 3 is 3.00 bits per heavy atom. The first-order chi connectivity index (χ1) is 5.25. The van der Waals surface area contributed by atoms with Crippen LogP contribution in [0.3, 0.4) is 0 Å². The molecule has 1 atom stereocenters. The number of alkyl halides is 1. The van der Waals surface area contributed by atoms with Gasteiger partial charge in [-0.3, -0.25) is 4.98 Å². The lowest BCUT2D eigenvalue weighted by molar-refractivity contribution is 0.197. The molecule has 0 amide bonds. The standard InChI is InChI=1S/C7H7ClFNO/c8-3-7(11)5-1-2-10-4-6(5)9/h1-2,4,7,11H,3H2. The molecule has 1 unspecified atom stereocenters. The van der Waals surface area contributed by atoms with Gasteiger partial charge in [-0.15, -0.1) is 11.6 Å². The summed E-state index contributed by atoms with van der Waals surface area (Å²) in [5, 5.41) is 9.11. The third-order valence-corrected chi connectivity index (χ3v) is 1.60. The Morgan fingerprint density at radius 1 is 1.73 bits per heavy atom. The maximum absolute atomic E-state index is 12.7. The summed E-state index contributed by atoms with van der Waals surface area (Å²) >= 11 is 5.32. The number of rotatable bonds is 2. The molecule has 4 heteroatoms. The zero-order chi connectivity index (χ0) is 8.27. The summed E-state index contributed by atoms with van der Waals surface area (Å²) in [7, 11) is 0. The van der Waals surface area contributed by atoms with Crippen LogP contribution in [-0.4, -0.2) is 16.0 Å². The van der Waals surface area contributed by atoms with Crippen molar-refractivity contribution in [2.75, 3.05) is 5.88 Å². The molecule has 0 saturated carbocycles. The zero-order valence-corrected chi connectivity index (χ0v) is 6.42. The number of aromatic nitrogens is 1. The summed E-state index contributed by atoms with van der Waals surface area (Å²) in [5.74, 6) is -0.540. The number of hydrogen-bond acceptors (Lipinski definition) is 2. The number of halogens is 2. The Morgan fingerprint density at radius 2 is 2.45 bits per heavy atom. The van der Waals surface area contributed by atoms with E-state index in [1.807, 2.05) is 0 Å². The fourth-order valence-corrected chi connectivity index (χ4v) is 0.906. The minimum absolute atomic E-state index is 0.0130. The second kappa shape index (κ2) is 3.64. The van der Waals surface area contributed by atoms with E-state index in [2.05, 4.69) is 4.98 Å². The van der Waals surface area contributed by atoms with E-state index in [1.54, 1.807) is 0 Å². The molecular weight excluding hydrogens is 169 g/mol. The molecule has 1 N–H and O–H groups in total. The molecule has 0 bridgehead atoms. The Balaban J connectivity index is 2.93. The average Bonchev–Trinajstić information content (AvgIpc) is 2.04. The minimum atomic E-state index is -0.945. The van der Waals surface area contributed by atoms with Gasteiger partial charge in [0.25, 0.3) is 0 Å². The molecule has 2 nitrogen and oxygen atoms in total. The van der Waals surface area contributed by atoms with Gasteiger partial charge in [-0.05, 0) is 6.07 Å². The Bertz CT molecular complexity index is 244. The van der Waals surface area contributed by atoms with Crippen molar-refractivity contribution in [3.05, 3.63) is 29.8 Å². The lowest BCUT2D eigenvalue weighted by Crippen LogP contribution is -2.01. The van der Waals surface area contributed by atoms with Gasteiger partial charge in [0, 0.05) is 11.8 Å². The van der Waals surface area contributed by atoms with Crippen LogP contribution in [0.5, 0.6) is 0 Å². The van der Waals surface area contributed by atoms with Crippen LogP contribution in [0.15, 0.2) is 18.5 Å². The fraction of sp³-hybridized carbons (Fsp3) is 0.286. The van der Waals surface area contributed by atoms with E-state index in [-0.39, 0.29) is 11.4 Å². The van der Waals surface area contributed by atoms with Crippen LogP contribution in [0.1, 0.15) is 11.7 Å². The predicted molar refractivity (Wildman–Crippen MR) is 39.9 cm³/mol. The van der Waals surface area contributed by atoms with Crippen LogP contribution in [0.2, 0.25) is 0 Å². The zero-order valence-electron chi connectivity index (χ0n) is 5.67. The first-order valence-corrected chi connectivity index (χ1v) is 3.62. The van der Waals surface area contributed by atoms with E-state index in [0.717, 1.165) is 6.20 Å². The molecule has 0 aliphatic rings. The molecule has 60 valence electrons. The summed E-state index contributed by atoms with van der Waals surface area (Å²) < 4.78 is 12.7. The maximum atomic E-state index is 12.7. The summed E-state index contributed by atoms with van der Waals surface area (Å²) in [5.41, 5.74) is 0.190. The quantitative estimate of drug-likeness (QED) is 0.691. The van der Waals surface area contributed by atoms with E-state index in [0.29, 0.717) is 0 Å². The normalized spacial score (nSPS) is 13.0. The van der Waals surface area contributed by atoms with Crippen LogP contribution in [0.25, 0.3) is 0 Å². The number of pyridine rings is 1. The molecule has 0 fully saturated rings. The molecule has 0 aliphatic carbocycles. The van der Waals surface area contributed by atoms with Gasteiger partial charge >= 0.3 is 0 Å². The molecule has 0 radical (unpaired) electrons. The van der Waals surface area contributed by atoms with Crippen molar-refractivity contribution in [2.45, 2.75) is 6.10 Å². The van der Waals surface area contributed by atoms with Gasteiger partial charge in [0.15, 0.2) is 0 Å². The van der Waals surface area contributed by atoms with Crippen LogP contribution in [-0.2, 0) is 0 Å². The maximum Gasteiger partial charge on any atom is 0.147 e. The van der Waals surface area contributed by atoms with Crippen molar-refractivity contribution in [2.24, 2.45) is 0 Å². The number of nitrogens with zero attached hydrogens (tertiary/aromatic N) is 1. The highest BCUT2D eigenvalue weighted by Gasteiger charge is 2.10. The Hall–Kier alpha value is -0.670. The van der Waals surface area contributed by atoms with Crippen LogP contribution in [0.4, 0.5) is 4.39 Å². The molecule has 1 heterocycles. The van der Waals surface area contributed by atoms with Crippen LogP contribution >= 0.6 is 11.6 Å². The summed E-state index contributed by atoms with van der Waals surface area (Å²) in [4.78, 5) is 3.53. The molecule has 0 spiro atoms. The highest BCUT2D eigenvalue weighted by Crippen LogP contribution is 2.16. The number of aliphatic hydroxyl groups excluding tert-OH is 1. The average molecular weight is 176 g/mol. The molecule has 11 heavy (non-hydrogen) atoms. The van der Waals surface area contributed by atoms with E-state index in [4.69, 9.17) is 16.7 Å². The largest absolute Gasteiger partial charge is 0.387 e. The van der Waals surface area contributed by atoms with Gasteiger partial charge < -0.3 is 5.11 Å². The SMILES string of the molecule is OC(CCl)c1ccncc1F. The lowest BCUT2D eigenvalue weighted by atomic mass is 10.2. The molecule has 1 aromatic rings. The second-order valence-electron chi connectivity index (χ2n) is 2.07. The molecule has 1 aromatic heterocycles. The number of aliphatic hydroxyl groups is 1. The van der Waals surface area contributed by atoms with Crippen LogP contribution < -0.4 is 0 Å². The van der Waals surface area contributed by atoms with Gasteiger partial charge in [0.2, 0.25) is 0 Å². The summed E-state index contributed by atoms with van der Waals surface area (Å²) in [6.45, 7) is 0. The highest BCUT2D eigenvalue weighted by atomic mass is 35.5. The van der Waals surface area contributed by atoms with Gasteiger partial charge in [0.05, 0.1) is 18.2 Å². The smallest absolute Gasteiger partial charge is 0.147 e. The predicted octanol–water partition coefficient (Wildman–Crippen LogP) is 1.49. The van der Waals surface area contributed by atoms with Crippen molar-refractivity contribution >= 4 is 11.6 Å². The van der Waals surface area contributed by atoms with E-state index in [1.165, 1.54) is 12.3 Å². The molecular formula is C7H7ClFNO. The number of hydrogen-bond donors (Lipinski definition) is 1. The molecule has 1 rings (SSSR count). The third kappa shape index (κ3) is 1.88. The van der Waals surface area contributed by atoms with Crippen LogP contribution in [0, 0.1) is 5.82 Å². The monoisotopic (exact) mass is 175 g/mol. The fourth-order valence-electron chi connectivity index (χ4n) is 0.739.